The van der Waals surface area contributed by atoms with Crippen molar-refractivity contribution >= 4 is 5.95 Å². The monoisotopic (exact) mass is 234 g/mol. The Bertz CT molecular complexity index is 388. The first kappa shape index (κ1) is 10.8. The standard InChI is InChI=1S/C12H18N4O/c1-2-5-17-10-3-4-14-12(15-10)16-11-8-6-13-7-9(8)11/h3-4,8-9,11,13H,2,5-7H2,1H3,(H,14,15,16). The predicted octanol–water partition coefficient (Wildman–Crippen LogP) is 0.895. The fourth-order valence-corrected chi connectivity index (χ4v) is 2.48. The summed E-state index contributed by atoms with van der Waals surface area (Å²) in [4.78, 5) is 8.59. The van der Waals surface area contributed by atoms with E-state index < -0.39 is 0 Å². The molecule has 17 heavy (non-hydrogen) atoms. The highest BCUT2D eigenvalue weighted by molar-refractivity contribution is 5.34. The van der Waals surface area contributed by atoms with Gasteiger partial charge >= 0.3 is 0 Å². The Morgan fingerprint density at radius 1 is 1.47 bits per heavy atom. The zero-order valence-corrected chi connectivity index (χ0v) is 10.0. The minimum Gasteiger partial charge on any atom is -0.478 e. The molecule has 5 nitrogen and oxygen atoms in total. The van der Waals surface area contributed by atoms with E-state index >= 15 is 0 Å². The van der Waals surface area contributed by atoms with Gasteiger partial charge in [-0.1, -0.05) is 6.92 Å². The van der Waals surface area contributed by atoms with E-state index in [-0.39, 0.29) is 0 Å². The van der Waals surface area contributed by atoms with Crippen LogP contribution in [0.5, 0.6) is 5.88 Å². The number of anilines is 1. The number of ether oxygens (including phenoxy) is 1. The van der Waals surface area contributed by atoms with Gasteiger partial charge in [0.15, 0.2) is 0 Å². The van der Waals surface area contributed by atoms with Crippen LogP contribution in [-0.4, -0.2) is 35.7 Å². The third-order valence-corrected chi connectivity index (χ3v) is 3.47. The van der Waals surface area contributed by atoms with Gasteiger partial charge in [-0.2, -0.15) is 4.98 Å². The molecule has 1 saturated carbocycles. The number of nitrogens with zero attached hydrogens (tertiary/aromatic N) is 2. The molecular weight excluding hydrogens is 216 g/mol. The van der Waals surface area contributed by atoms with Gasteiger partial charge in [-0.05, 0) is 18.3 Å². The third-order valence-electron chi connectivity index (χ3n) is 3.47. The molecule has 0 spiro atoms. The molecule has 92 valence electrons. The number of hydrogen-bond donors (Lipinski definition) is 2. The number of aromatic nitrogens is 2. The van der Waals surface area contributed by atoms with E-state index in [4.69, 9.17) is 4.74 Å². The first-order valence-electron chi connectivity index (χ1n) is 6.31. The SMILES string of the molecule is CCCOc1ccnc(NC2C3CNCC32)n1. The molecule has 1 aliphatic heterocycles. The van der Waals surface area contributed by atoms with Crippen LogP contribution in [0.4, 0.5) is 5.95 Å². The van der Waals surface area contributed by atoms with Crippen molar-refractivity contribution in [1.29, 1.82) is 0 Å². The molecule has 0 bridgehead atoms. The molecule has 2 fully saturated rings. The van der Waals surface area contributed by atoms with Crippen molar-refractivity contribution in [1.82, 2.24) is 15.3 Å². The van der Waals surface area contributed by atoms with E-state index in [0.717, 1.165) is 31.3 Å². The van der Waals surface area contributed by atoms with Crippen molar-refractivity contribution in [2.75, 3.05) is 25.0 Å². The van der Waals surface area contributed by atoms with Gasteiger partial charge in [0.05, 0.1) is 6.61 Å². The molecule has 2 unspecified atom stereocenters. The highest BCUT2D eigenvalue weighted by Crippen LogP contribution is 2.43. The highest BCUT2D eigenvalue weighted by Gasteiger charge is 2.53. The minimum atomic E-state index is 0.553. The van der Waals surface area contributed by atoms with Gasteiger partial charge in [0.25, 0.3) is 0 Å². The van der Waals surface area contributed by atoms with Gasteiger partial charge in [0.1, 0.15) is 0 Å². The van der Waals surface area contributed by atoms with Crippen LogP contribution in [0.1, 0.15) is 13.3 Å². The second-order valence-electron chi connectivity index (χ2n) is 4.72. The van der Waals surface area contributed by atoms with Gasteiger partial charge in [-0.3, -0.25) is 0 Å². The lowest BCUT2D eigenvalue weighted by Crippen LogP contribution is -2.22. The van der Waals surface area contributed by atoms with E-state index in [1.165, 1.54) is 0 Å². The van der Waals surface area contributed by atoms with Crippen LogP contribution in [0.25, 0.3) is 0 Å². The van der Waals surface area contributed by atoms with Crippen molar-refractivity contribution < 1.29 is 4.74 Å². The molecule has 0 radical (unpaired) electrons. The van der Waals surface area contributed by atoms with E-state index in [1.54, 1.807) is 12.3 Å². The Kier molecular flexibility index (Phi) is 2.84. The first-order chi connectivity index (χ1) is 8.38. The van der Waals surface area contributed by atoms with Crippen molar-refractivity contribution in [2.24, 2.45) is 11.8 Å². The molecule has 1 aromatic heterocycles. The number of nitrogens with one attached hydrogen (secondary N) is 2. The first-order valence-corrected chi connectivity index (χ1v) is 6.31. The minimum absolute atomic E-state index is 0.553. The Morgan fingerprint density at radius 2 is 2.29 bits per heavy atom. The summed E-state index contributed by atoms with van der Waals surface area (Å²) in [6.45, 7) is 5.02. The summed E-state index contributed by atoms with van der Waals surface area (Å²) in [5.74, 6) is 2.88. The molecule has 0 amide bonds. The summed E-state index contributed by atoms with van der Waals surface area (Å²) in [6.07, 6.45) is 2.74. The molecule has 2 atom stereocenters. The summed E-state index contributed by atoms with van der Waals surface area (Å²) < 4.78 is 5.49. The van der Waals surface area contributed by atoms with Crippen LogP contribution in [0, 0.1) is 11.8 Å². The highest BCUT2D eigenvalue weighted by atomic mass is 16.5. The Hall–Kier alpha value is -1.36. The van der Waals surface area contributed by atoms with Crippen molar-refractivity contribution in [3.63, 3.8) is 0 Å². The van der Waals surface area contributed by atoms with Crippen molar-refractivity contribution in [3.8, 4) is 5.88 Å². The number of hydrogen-bond acceptors (Lipinski definition) is 5. The Balaban J connectivity index is 1.59. The van der Waals surface area contributed by atoms with Gasteiger partial charge in [-0.15, -0.1) is 0 Å². The van der Waals surface area contributed by atoms with E-state index in [1.807, 2.05) is 0 Å². The van der Waals surface area contributed by atoms with Crippen LogP contribution < -0.4 is 15.4 Å². The van der Waals surface area contributed by atoms with Gasteiger partial charge < -0.3 is 15.4 Å². The normalized spacial score (nSPS) is 29.8. The van der Waals surface area contributed by atoms with Gasteiger partial charge in [-0.25, -0.2) is 4.98 Å². The van der Waals surface area contributed by atoms with Crippen LogP contribution in [-0.2, 0) is 0 Å². The van der Waals surface area contributed by atoms with Gasteiger partial charge in [0, 0.05) is 31.4 Å². The van der Waals surface area contributed by atoms with Crippen LogP contribution in [0.15, 0.2) is 12.3 Å². The summed E-state index contributed by atoms with van der Waals surface area (Å²) >= 11 is 0. The summed E-state index contributed by atoms with van der Waals surface area (Å²) in [5, 5.41) is 6.76. The molecule has 3 rings (SSSR count). The number of rotatable bonds is 5. The lowest BCUT2D eigenvalue weighted by molar-refractivity contribution is 0.305. The van der Waals surface area contributed by atoms with Crippen LogP contribution >= 0.6 is 0 Å². The molecule has 5 heteroatoms. The van der Waals surface area contributed by atoms with E-state index in [9.17, 15) is 0 Å². The van der Waals surface area contributed by atoms with Crippen molar-refractivity contribution in [3.05, 3.63) is 12.3 Å². The largest absolute Gasteiger partial charge is 0.478 e. The molecule has 1 aromatic rings. The smallest absolute Gasteiger partial charge is 0.226 e. The maximum atomic E-state index is 5.49. The van der Waals surface area contributed by atoms with Gasteiger partial charge in [0.2, 0.25) is 11.8 Å². The lowest BCUT2D eigenvalue weighted by Gasteiger charge is -2.08. The second kappa shape index (κ2) is 4.49. The lowest BCUT2D eigenvalue weighted by atomic mass is 10.4. The third kappa shape index (κ3) is 2.20. The molecule has 0 aromatic carbocycles. The maximum Gasteiger partial charge on any atom is 0.226 e. The Labute approximate surface area is 101 Å². The average Bonchev–Trinajstić information content (AvgIpc) is 2.79. The summed E-state index contributed by atoms with van der Waals surface area (Å²) in [6, 6.07) is 2.36. The number of fused-ring (bicyclic) bond motifs is 1. The molecule has 2 N–H and O–H groups in total. The molecule has 1 saturated heterocycles. The van der Waals surface area contributed by atoms with E-state index in [2.05, 4.69) is 27.5 Å². The zero-order chi connectivity index (χ0) is 11.7. The molecule has 1 aliphatic carbocycles. The quantitative estimate of drug-likeness (QED) is 0.792. The fourth-order valence-electron chi connectivity index (χ4n) is 2.48. The van der Waals surface area contributed by atoms with Crippen LogP contribution in [0.3, 0.4) is 0 Å². The zero-order valence-electron chi connectivity index (χ0n) is 10.0. The average molecular weight is 234 g/mol. The Morgan fingerprint density at radius 3 is 3.06 bits per heavy atom. The topological polar surface area (TPSA) is 59.1 Å². The molecular formula is C12H18N4O. The molecule has 2 heterocycles. The van der Waals surface area contributed by atoms with Crippen LogP contribution in [0.2, 0.25) is 0 Å². The summed E-state index contributed by atoms with van der Waals surface area (Å²) in [5.41, 5.74) is 0. The predicted molar refractivity (Wildman–Crippen MR) is 65.1 cm³/mol. The second-order valence-corrected chi connectivity index (χ2v) is 4.72. The number of piperidine rings is 1. The fraction of sp³-hybridized carbons (Fsp3) is 0.667. The maximum absolute atomic E-state index is 5.49. The van der Waals surface area contributed by atoms with E-state index in [0.29, 0.717) is 24.5 Å². The molecule has 2 aliphatic rings. The summed E-state index contributed by atoms with van der Waals surface area (Å²) in [7, 11) is 0. The van der Waals surface area contributed by atoms with Crippen molar-refractivity contribution in [2.45, 2.75) is 19.4 Å².